The molecule has 1 heterocycles. The number of nitro groups is 1. The van der Waals surface area contributed by atoms with Crippen molar-refractivity contribution in [2.24, 2.45) is 0 Å². The molecule has 8 nitrogen and oxygen atoms in total. The third-order valence-corrected chi connectivity index (χ3v) is 7.38. The zero-order chi connectivity index (χ0) is 22.0. The first-order valence-corrected chi connectivity index (χ1v) is 11.4. The van der Waals surface area contributed by atoms with Crippen LogP contribution in [0.4, 0.5) is 11.4 Å². The van der Waals surface area contributed by atoms with Gasteiger partial charge in [-0.3, -0.25) is 14.9 Å². The SMILES string of the molecule is O=C(Nc1cccc2ccccc12)[C@@H]1CCCCN1S(=O)(=O)c1ccc([N+](=O)[O-])cc1. The highest BCUT2D eigenvalue weighted by Crippen LogP contribution is 2.29. The molecular weight excluding hydrogens is 418 g/mol. The third-order valence-electron chi connectivity index (χ3n) is 5.46. The largest absolute Gasteiger partial charge is 0.324 e. The molecule has 0 radical (unpaired) electrons. The Bertz CT molecular complexity index is 1240. The van der Waals surface area contributed by atoms with Crippen LogP contribution in [0.1, 0.15) is 19.3 Å². The van der Waals surface area contributed by atoms with E-state index in [-0.39, 0.29) is 23.0 Å². The molecule has 1 N–H and O–H groups in total. The molecule has 0 aliphatic carbocycles. The number of sulfonamides is 1. The van der Waals surface area contributed by atoms with E-state index in [1.165, 1.54) is 16.4 Å². The number of benzene rings is 3. The number of nitrogens with one attached hydrogen (secondary N) is 1. The molecule has 3 aromatic carbocycles. The minimum Gasteiger partial charge on any atom is -0.324 e. The van der Waals surface area contributed by atoms with Crippen molar-refractivity contribution >= 4 is 38.1 Å². The quantitative estimate of drug-likeness (QED) is 0.478. The van der Waals surface area contributed by atoms with Gasteiger partial charge in [-0.1, -0.05) is 42.8 Å². The Morgan fingerprint density at radius 2 is 1.71 bits per heavy atom. The summed E-state index contributed by atoms with van der Waals surface area (Å²) in [5, 5.41) is 15.6. The summed E-state index contributed by atoms with van der Waals surface area (Å²) in [4.78, 5) is 23.3. The van der Waals surface area contributed by atoms with Gasteiger partial charge in [-0.15, -0.1) is 0 Å². The van der Waals surface area contributed by atoms with E-state index in [0.717, 1.165) is 29.3 Å². The lowest BCUT2D eigenvalue weighted by atomic mass is 10.0. The number of carbonyl (C=O) groups is 1. The summed E-state index contributed by atoms with van der Waals surface area (Å²) in [7, 11) is -3.98. The summed E-state index contributed by atoms with van der Waals surface area (Å²) in [6.45, 7) is 0.215. The van der Waals surface area contributed by atoms with E-state index >= 15 is 0 Å². The molecular formula is C22H21N3O5S. The number of hydrogen-bond acceptors (Lipinski definition) is 5. The van der Waals surface area contributed by atoms with Gasteiger partial charge >= 0.3 is 0 Å². The fraction of sp³-hybridized carbons (Fsp3) is 0.227. The predicted molar refractivity (Wildman–Crippen MR) is 117 cm³/mol. The molecule has 31 heavy (non-hydrogen) atoms. The van der Waals surface area contributed by atoms with Crippen LogP contribution in [0.2, 0.25) is 0 Å². The van der Waals surface area contributed by atoms with E-state index in [4.69, 9.17) is 0 Å². The predicted octanol–water partition coefficient (Wildman–Crippen LogP) is 3.93. The van der Waals surface area contributed by atoms with E-state index in [2.05, 4.69) is 5.32 Å². The summed E-state index contributed by atoms with van der Waals surface area (Å²) >= 11 is 0. The maximum absolute atomic E-state index is 13.2. The highest BCUT2D eigenvalue weighted by Gasteiger charge is 2.37. The first-order valence-electron chi connectivity index (χ1n) is 9.93. The molecule has 0 unspecified atom stereocenters. The van der Waals surface area contributed by atoms with Crippen molar-refractivity contribution in [3.8, 4) is 0 Å². The molecule has 4 rings (SSSR count). The fourth-order valence-corrected chi connectivity index (χ4v) is 5.54. The summed E-state index contributed by atoms with van der Waals surface area (Å²) in [5.74, 6) is -0.387. The van der Waals surface area contributed by atoms with Gasteiger partial charge in [-0.05, 0) is 36.4 Å². The lowest BCUT2D eigenvalue weighted by Crippen LogP contribution is -2.49. The number of hydrogen-bond donors (Lipinski definition) is 1. The zero-order valence-corrected chi connectivity index (χ0v) is 17.4. The van der Waals surface area contributed by atoms with Crippen LogP contribution in [0.25, 0.3) is 10.8 Å². The molecule has 1 amide bonds. The molecule has 0 saturated carbocycles. The molecule has 0 aromatic heterocycles. The molecule has 1 aliphatic heterocycles. The van der Waals surface area contributed by atoms with Crippen molar-refractivity contribution in [1.82, 2.24) is 4.31 Å². The minimum absolute atomic E-state index is 0.0667. The summed E-state index contributed by atoms with van der Waals surface area (Å²) in [5.41, 5.74) is 0.434. The number of rotatable bonds is 5. The van der Waals surface area contributed by atoms with Gasteiger partial charge in [0.2, 0.25) is 15.9 Å². The van der Waals surface area contributed by atoms with E-state index in [1.807, 2.05) is 36.4 Å². The van der Waals surface area contributed by atoms with Crippen molar-refractivity contribution in [1.29, 1.82) is 0 Å². The standard InChI is InChI=1S/C22H21N3O5S/c26-22(23-20-9-5-7-16-6-1-2-8-19(16)20)21-10-3-4-15-24(21)31(29,30)18-13-11-17(12-14-18)25(27)28/h1-2,5-9,11-14,21H,3-4,10,15H2,(H,23,26)/t21-/m0/s1. The second-order valence-corrected chi connectivity index (χ2v) is 9.28. The minimum atomic E-state index is -3.98. The van der Waals surface area contributed by atoms with Crippen LogP contribution in [0.3, 0.4) is 0 Å². The first-order chi connectivity index (χ1) is 14.9. The number of amides is 1. The van der Waals surface area contributed by atoms with Gasteiger partial charge in [0.15, 0.2) is 0 Å². The van der Waals surface area contributed by atoms with Crippen LogP contribution in [-0.4, -0.2) is 36.1 Å². The van der Waals surface area contributed by atoms with Crippen molar-refractivity contribution in [3.05, 3.63) is 76.8 Å². The van der Waals surface area contributed by atoms with Crippen molar-refractivity contribution in [2.75, 3.05) is 11.9 Å². The molecule has 0 spiro atoms. The van der Waals surface area contributed by atoms with Crippen molar-refractivity contribution < 1.29 is 18.1 Å². The Balaban J connectivity index is 1.62. The van der Waals surface area contributed by atoms with Crippen molar-refractivity contribution in [3.63, 3.8) is 0 Å². The van der Waals surface area contributed by atoms with Crippen LogP contribution in [0.5, 0.6) is 0 Å². The molecule has 0 bridgehead atoms. The Morgan fingerprint density at radius 1 is 1.00 bits per heavy atom. The monoisotopic (exact) mass is 439 g/mol. The number of nitro benzene ring substituents is 1. The van der Waals surface area contributed by atoms with Gasteiger partial charge in [-0.25, -0.2) is 8.42 Å². The van der Waals surface area contributed by atoms with Gasteiger partial charge < -0.3 is 5.32 Å². The maximum atomic E-state index is 13.2. The van der Waals surface area contributed by atoms with Crippen molar-refractivity contribution in [2.45, 2.75) is 30.2 Å². The Labute approximate surface area is 179 Å². The number of piperidine rings is 1. The van der Waals surface area contributed by atoms with E-state index in [9.17, 15) is 23.3 Å². The normalized spacial score (nSPS) is 17.4. The maximum Gasteiger partial charge on any atom is 0.269 e. The summed E-state index contributed by atoms with van der Waals surface area (Å²) < 4.78 is 27.7. The number of carbonyl (C=O) groups excluding carboxylic acids is 1. The molecule has 1 fully saturated rings. The highest BCUT2D eigenvalue weighted by molar-refractivity contribution is 7.89. The third kappa shape index (κ3) is 4.14. The van der Waals surface area contributed by atoms with E-state index in [1.54, 1.807) is 6.07 Å². The van der Waals surface area contributed by atoms with Gasteiger partial charge in [0.05, 0.1) is 9.82 Å². The van der Waals surface area contributed by atoms with Crippen LogP contribution in [0.15, 0.2) is 71.6 Å². The molecule has 1 saturated heterocycles. The molecule has 1 atom stereocenters. The van der Waals surface area contributed by atoms with Crippen LogP contribution >= 0.6 is 0 Å². The Morgan fingerprint density at radius 3 is 2.45 bits per heavy atom. The number of nitrogens with zero attached hydrogens (tertiary/aromatic N) is 2. The number of fused-ring (bicyclic) bond motifs is 1. The average molecular weight is 439 g/mol. The summed E-state index contributed by atoms with van der Waals surface area (Å²) in [6, 6.07) is 17.1. The topological polar surface area (TPSA) is 110 Å². The molecule has 1 aliphatic rings. The number of non-ortho nitro benzene ring substituents is 1. The van der Waals surface area contributed by atoms with Gasteiger partial charge in [0.25, 0.3) is 5.69 Å². The van der Waals surface area contributed by atoms with E-state index in [0.29, 0.717) is 18.5 Å². The Kier molecular flexibility index (Phi) is 5.71. The first kappa shape index (κ1) is 21.0. The number of anilines is 1. The zero-order valence-electron chi connectivity index (χ0n) is 16.6. The second-order valence-electron chi connectivity index (χ2n) is 7.39. The lowest BCUT2D eigenvalue weighted by Gasteiger charge is -2.33. The summed E-state index contributed by atoms with van der Waals surface area (Å²) in [6.07, 6.45) is 1.78. The smallest absolute Gasteiger partial charge is 0.269 e. The highest BCUT2D eigenvalue weighted by atomic mass is 32.2. The Hall–Kier alpha value is -3.30. The second kappa shape index (κ2) is 8.44. The molecule has 9 heteroatoms. The molecule has 160 valence electrons. The van der Waals surface area contributed by atoms with Crippen LogP contribution in [0, 0.1) is 10.1 Å². The van der Waals surface area contributed by atoms with Gasteiger partial charge in [0.1, 0.15) is 6.04 Å². The average Bonchev–Trinajstić information content (AvgIpc) is 2.79. The van der Waals surface area contributed by atoms with E-state index < -0.39 is 21.0 Å². The van der Waals surface area contributed by atoms with Crippen LogP contribution < -0.4 is 5.32 Å². The van der Waals surface area contributed by atoms with Gasteiger partial charge in [0, 0.05) is 29.8 Å². The fourth-order valence-electron chi connectivity index (χ4n) is 3.88. The van der Waals surface area contributed by atoms with Crippen LogP contribution in [-0.2, 0) is 14.8 Å². The molecule has 3 aromatic rings. The van der Waals surface area contributed by atoms with Gasteiger partial charge in [-0.2, -0.15) is 4.31 Å². The lowest BCUT2D eigenvalue weighted by molar-refractivity contribution is -0.384.